The monoisotopic (exact) mass is 258 g/mol. The van der Waals surface area contributed by atoms with Gasteiger partial charge in [-0.05, 0) is 12.1 Å². The predicted molar refractivity (Wildman–Crippen MR) is 66.0 cm³/mol. The summed E-state index contributed by atoms with van der Waals surface area (Å²) in [6, 6.07) is 10.3. The highest BCUT2D eigenvalue weighted by molar-refractivity contribution is 5.39. The molecule has 1 aromatic carbocycles. The first-order chi connectivity index (χ1) is 9.28. The van der Waals surface area contributed by atoms with Gasteiger partial charge in [-0.15, -0.1) is 5.10 Å². The zero-order valence-electron chi connectivity index (χ0n) is 9.78. The van der Waals surface area contributed by atoms with Gasteiger partial charge in [0, 0.05) is 11.6 Å². The summed E-state index contributed by atoms with van der Waals surface area (Å²) in [5, 5.41) is 19.3. The molecule has 96 valence electrons. The van der Waals surface area contributed by atoms with E-state index in [1.165, 1.54) is 0 Å². The van der Waals surface area contributed by atoms with Gasteiger partial charge in [-0.3, -0.25) is 0 Å². The zero-order valence-corrected chi connectivity index (χ0v) is 9.78. The van der Waals surface area contributed by atoms with Crippen molar-refractivity contribution >= 4 is 5.65 Å². The lowest BCUT2D eigenvalue weighted by Crippen LogP contribution is -2.12. The number of ether oxygens (including phenoxy) is 1. The van der Waals surface area contributed by atoms with E-state index in [4.69, 9.17) is 4.74 Å². The Labute approximate surface area is 107 Å². The molecule has 19 heavy (non-hydrogen) atoms. The molecule has 0 aliphatic heterocycles. The van der Waals surface area contributed by atoms with Crippen LogP contribution in [0, 0.1) is 0 Å². The van der Waals surface area contributed by atoms with Crippen LogP contribution in [0.1, 0.15) is 5.56 Å². The van der Waals surface area contributed by atoms with Crippen molar-refractivity contribution in [1.82, 2.24) is 19.8 Å². The number of aliphatic hydroxyl groups is 1. The number of hydrogen-bond acceptors (Lipinski definition) is 5. The molecule has 3 rings (SSSR count). The fourth-order valence-corrected chi connectivity index (χ4v) is 1.69. The van der Waals surface area contributed by atoms with Gasteiger partial charge in [0.05, 0.1) is 6.61 Å². The summed E-state index contributed by atoms with van der Waals surface area (Å²) in [6.45, 7) is -0.135. The van der Waals surface area contributed by atoms with Crippen molar-refractivity contribution < 1.29 is 9.84 Å². The van der Waals surface area contributed by atoms with Gasteiger partial charge in [0.2, 0.25) is 5.88 Å². The molecule has 0 spiro atoms. The summed E-state index contributed by atoms with van der Waals surface area (Å²) >= 11 is 0. The summed E-state index contributed by atoms with van der Waals surface area (Å²) in [7, 11) is 0. The molecule has 2 aromatic heterocycles. The number of aliphatic hydroxyl groups excluding tert-OH is 1. The van der Waals surface area contributed by atoms with Gasteiger partial charge in [0.15, 0.2) is 5.65 Å². The van der Waals surface area contributed by atoms with E-state index in [1.54, 1.807) is 36.4 Å². The van der Waals surface area contributed by atoms with E-state index >= 15 is 0 Å². The van der Waals surface area contributed by atoms with Gasteiger partial charge >= 0.3 is 5.69 Å². The van der Waals surface area contributed by atoms with E-state index in [0.717, 1.165) is 4.52 Å². The molecule has 2 heterocycles. The van der Waals surface area contributed by atoms with Crippen molar-refractivity contribution in [2.45, 2.75) is 6.61 Å². The Morgan fingerprint density at radius 3 is 2.95 bits per heavy atom. The summed E-state index contributed by atoms with van der Waals surface area (Å²) in [5.74, 6) is 0.741. The van der Waals surface area contributed by atoms with E-state index in [9.17, 15) is 9.90 Å². The molecule has 0 unspecified atom stereocenters. The topological polar surface area (TPSA) is 92.5 Å². The molecular formula is C12H10N4O3. The number of H-pyrrole nitrogens is 1. The average Bonchev–Trinajstić information content (AvgIpc) is 2.81. The molecule has 3 aromatic rings. The van der Waals surface area contributed by atoms with E-state index in [2.05, 4.69) is 15.3 Å². The SMILES string of the molecule is O=c1[nH]nc2ccc(Oc3ccccc3CO)nn12. The molecule has 7 heteroatoms. The predicted octanol–water partition coefficient (Wildman–Crippen LogP) is 0.702. The van der Waals surface area contributed by atoms with Crippen LogP contribution in [-0.2, 0) is 6.61 Å². The molecular weight excluding hydrogens is 248 g/mol. The maximum absolute atomic E-state index is 11.4. The summed E-state index contributed by atoms with van der Waals surface area (Å²) < 4.78 is 6.67. The second-order valence-electron chi connectivity index (χ2n) is 3.84. The first-order valence-electron chi connectivity index (χ1n) is 5.59. The molecule has 0 aliphatic carbocycles. The van der Waals surface area contributed by atoms with Crippen LogP contribution in [0.15, 0.2) is 41.2 Å². The minimum Gasteiger partial charge on any atom is -0.437 e. The van der Waals surface area contributed by atoms with Crippen LogP contribution in [0.3, 0.4) is 0 Å². The fourth-order valence-electron chi connectivity index (χ4n) is 1.69. The number of para-hydroxylation sites is 1. The quantitative estimate of drug-likeness (QED) is 0.721. The lowest BCUT2D eigenvalue weighted by molar-refractivity contribution is 0.276. The van der Waals surface area contributed by atoms with E-state index in [1.807, 2.05) is 0 Å². The maximum Gasteiger partial charge on any atom is 0.364 e. The van der Waals surface area contributed by atoms with Crippen molar-refractivity contribution in [3.8, 4) is 11.6 Å². The van der Waals surface area contributed by atoms with Crippen LogP contribution in [0.4, 0.5) is 0 Å². The lowest BCUT2D eigenvalue weighted by Gasteiger charge is -2.08. The molecule has 0 amide bonds. The number of aromatic nitrogens is 4. The third-order valence-electron chi connectivity index (χ3n) is 2.61. The van der Waals surface area contributed by atoms with Crippen LogP contribution < -0.4 is 10.4 Å². The van der Waals surface area contributed by atoms with E-state index in [-0.39, 0.29) is 12.5 Å². The molecule has 0 fully saturated rings. The Kier molecular flexibility index (Phi) is 2.73. The highest BCUT2D eigenvalue weighted by Crippen LogP contribution is 2.23. The number of rotatable bonds is 3. The minimum absolute atomic E-state index is 0.135. The third kappa shape index (κ3) is 2.06. The highest BCUT2D eigenvalue weighted by atomic mass is 16.5. The van der Waals surface area contributed by atoms with Crippen molar-refractivity contribution in [2.75, 3.05) is 0 Å². The van der Waals surface area contributed by atoms with Crippen LogP contribution in [0.2, 0.25) is 0 Å². The molecule has 2 N–H and O–H groups in total. The van der Waals surface area contributed by atoms with Crippen molar-refractivity contribution in [1.29, 1.82) is 0 Å². The fraction of sp³-hybridized carbons (Fsp3) is 0.0833. The zero-order chi connectivity index (χ0) is 13.2. The number of nitrogens with one attached hydrogen (secondary N) is 1. The molecule has 7 nitrogen and oxygen atoms in total. The standard InChI is InChI=1S/C12H10N4O3/c17-7-8-3-1-2-4-9(8)19-11-6-5-10-13-14-12(18)16(10)15-11/h1-6,17H,7H2,(H,14,18). The normalized spacial score (nSPS) is 10.8. The molecule has 0 bridgehead atoms. The van der Waals surface area contributed by atoms with Crippen molar-refractivity contribution in [3.05, 3.63) is 52.4 Å². The van der Waals surface area contributed by atoms with Crippen LogP contribution in [0.25, 0.3) is 5.65 Å². The number of nitrogens with zero attached hydrogens (tertiary/aromatic N) is 3. The molecule has 0 atom stereocenters. The molecule has 0 saturated heterocycles. The van der Waals surface area contributed by atoms with Crippen LogP contribution in [-0.4, -0.2) is 24.9 Å². The summed E-state index contributed by atoms with van der Waals surface area (Å²) in [5.41, 5.74) is 0.618. The van der Waals surface area contributed by atoms with Crippen molar-refractivity contribution in [3.63, 3.8) is 0 Å². The Hall–Kier alpha value is -2.67. The Morgan fingerprint density at radius 1 is 1.26 bits per heavy atom. The van der Waals surface area contributed by atoms with Crippen molar-refractivity contribution in [2.24, 2.45) is 0 Å². The first kappa shape index (κ1) is 11.4. The van der Waals surface area contributed by atoms with Crippen LogP contribution >= 0.6 is 0 Å². The highest BCUT2D eigenvalue weighted by Gasteiger charge is 2.07. The smallest absolute Gasteiger partial charge is 0.364 e. The third-order valence-corrected chi connectivity index (χ3v) is 2.61. The number of aromatic amines is 1. The van der Waals surface area contributed by atoms with Crippen LogP contribution in [0.5, 0.6) is 11.6 Å². The van der Waals surface area contributed by atoms with Gasteiger partial charge in [0.25, 0.3) is 0 Å². The van der Waals surface area contributed by atoms with E-state index < -0.39 is 5.69 Å². The summed E-state index contributed by atoms with van der Waals surface area (Å²) in [6.07, 6.45) is 0. The minimum atomic E-state index is -0.434. The first-order valence-corrected chi connectivity index (χ1v) is 5.59. The summed E-state index contributed by atoms with van der Waals surface area (Å²) in [4.78, 5) is 11.4. The second kappa shape index (κ2) is 4.54. The second-order valence-corrected chi connectivity index (χ2v) is 3.84. The lowest BCUT2D eigenvalue weighted by atomic mass is 10.2. The van der Waals surface area contributed by atoms with Gasteiger partial charge < -0.3 is 9.84 Å². The van der Waals surface area contributed by atoms with Gasteiger partial charge in [0.1, 0.15) is 5.75 Å². The Bertz CT molecular complexity index is 778. The van der Waals surface area contributed by atoms with Gasteiger partial charge in [-0.1, -0.05) is 18.2 Å². The Balaban J connectivity index is 2.01. The molecule has 0 saturated carbocycles. The Morgan fingerprint density at radius 2 is 2.11 bits per heavy atom. The molecule has 0 radical (unpaired) electrons. The van der Waals surface area contributed by atoms with Gasteiger partial charge in [-0.25, -0.2) is 9.89 Å². The number of benzene rings is 1. The number of hydrogen-bond donors (Lipinski definition) is 2. The van der Waals surface area contributed by atoms with E-state index in [0.29, 0.717) is 17.0 Å². The average molecular weight is 258 g/mol. The maximum atomic E-state index is 11.4. The van der Waals surface area contributed by atoms with Gasteiger partial charge in [-0.2, -0.15) is 9.61 Å². The number of fused-ring (bicyclic) bond motifs is 1. The molecule has 0 aliphatic rings. The largest absolute Gasteiger partial charge is 0.437 e.